The van der Waals surface area contributed by atoms with Gasteiger partial charge >= 0.3 is 6.01 Å². The van der Waals surface area contributed by atoms with Gasteiger partial charge in [-0.15, -0.1) is 0 Å². The minimum Gasteiger partial charge on any atom is -0.464 e. The second-order valence-corrected chi connectivity index (χ2v) is 4.88. The first-order valence-electron chi connectivity index (χ1n) is 7.28. The third-order valence-corrected chi connectivity index (χ3v) is 3.25. The minimum atomic E-state index is -0.164. The summed E-state index contributed by atoms with van der Waals surface area (Å²) in [4.78, 5) is 12.8. The van der Waals surface area contributed by atoms with Crippen LogP contribution in [0.25, 0.3) is 0 Å². The Morgan fingerprint density at radius 2 is 1.80 bits per heavy atom. The molecule has 0 aliphatic heterocycles. The van der Waals surface area contributed by atoms with E-state index in [1.54, 1.807) is 0 Å². The van der Waals surface area contributed by atoms with Gasteiger partial charge in [0.2, 0.25) is 11.9 Å². The van der Waals surface area contributed by atoms with Crippen LogP contribution in [0.15, 0.2) is 0 Å². The summed E-state index contributed by atoms with van der Waals surface area (Å²) in [6.07, 6.45) is 3.32. The molecule has 1 heterocycles. The summed E-state index contributed by atoms with van der Waals surface area (Å²) in [5, 5.41) is 15.9. The zero-order valence-electron chi connectivity index (χ0n) is 12.1. The maximum absolute atomic E-state index is 9.52. The van der Waals surface area contributed by atoms with Gasteiger partial charge in [0.15, 0.2) is 0 Å². The molecule has 2 rings (SSSR count). The van der Waals surface area contributed by atoms with Crippen molar-refractivity contribution in [2.75, 3.05) is 23.8 Å². The number of aliphatic hydroxyl groups excluding tert-OH is 1. The highest BCUT2D eigenvalue weighted by atomic mass is 16.5. The molecular weight excluding hydrogens is 258 g/mol. The Morgan fingerprint density at radius 3 is 2.45 bits per heavy atom. The van der Waals surface area contributed by atoms with Crippen LogP contribution in [0.5, 0.6) is 6.01 Å². The summed E-state index contributed by atoms with van der Waals surface area (Å²) in [6.45, 7) is 5.14. The van der Waals surface area contributed by atoms with Crippen molar-refractivity contribution in [3.05, 3.63) is 0 Å². The Labute approximate surface area is 119 Å². The third-order valence-electron chi connectivity index (χ3n) is 3.25. The SMILES string of the molecule is CCNc1nc(NC2CCC(O)CC2)nc(OCC)n1. The first kappa shape index (κ1) is 14.8. The molecule has 1 aliphatic rings. The minimum absolute atomic E-state index is 0.164. The summed E-state index contributed by atoms with van der Waals surface area (Å²) in [6, 6.07) is 0.626. The lowest BCUT2D eigenvalue weighted by Gasteiger charge is -2.26. The summed E-state index contributed by atoms with van der Waals surface area (Å²) in [5.41, 5.74) is 0. The molecule has 7 nitrogen and oxygen atoms in total. The van der Waals surface area contributed by atoms with Crippen molar-refractivity contribution in [3.8, 4) is 6.01 Å². The second-order valence-electron chi connectivity index (χ2n) is 4.88. The average Bonchev–Trinajstić information content (AvgIpc) is 2.42. The van der Waals surface area contributed by atoms with E-state index in [2.05, 4.69) is 25.6 Å². The molecule has 0 bridgehead atoms. The molecule has 1 fully saturated rings. The molecular formula is C13H23N5O2. The van der Waals surface area contributed by atoms with Crippen molar-refractivity contribution >= 4 is 11.9 Å². The van der Waals surface area contributed by atoms with E-state index in [1.807, 2.05) is 13.8 Å². The summed E-state index contributed by atoms with van der Waals surface area (Å²) in [5.74, 6) is 1.05. The number of aromatic nitrogens is 3. The number of hydrogen-bond donors (Lipinski definition) is 3. The van der Waals surface area contributed by atoms with Gasteiger partial charge in [0.1, 0.15) is 0 Å². The lowest BCUT2D eigenvalue weighted by molar-refractivity contribution is 0.126. The van der Waals surface area contributed by atoms with E-state index in [-0.39, 0.29) is 6.10 Å². The van der Waals surface area contributed by atoms with Crippen molar-refractivity contribution < 1.29 is 9.84 Å². The number of nitrogens with one attached hydrogen (secondary N) is 2. The summed E-state index contributed by atoms with van der Waals surface area (Å²) < 4.78 is 5.36. The first-order chi connectivity index (χ1) is 9.71. The Morgan fingerprint density at radius 1 is 1.10 bits per heavy atom. The van der Waals surface area contributed by atoms with Crippen LogP contribution < -0.4 is 15.4 Å². The topological polar surface area (TPSA) is 92.2 Å². The van der Waals surface area contributed by atoms with Gasteiger partial charge in [-0.1, -0.05) is 0 Å². The monoisotopic (exact) mass is 281 g/mol. The molecule has 112 valence electrons. The van der Waals surface area contributed by atoms with Crippen molar-refractivity contribution in [1.82, 2.24) is 15.0 Å². The number of ether oxygens (including phenoxy) is 1. The van der Waals surface area contributed by atoms with Gasteiger partial charge in [-0.3, -0.25) is 0 Å². The molecule has 1 aromatic heterocycles. The number of hydrogen-bond acceptors (Lipinski definition) is 7. The van der Waals surface area contributed by atoms with Gasteiger partial charge in [-0.2, -0.15) is 15.0 Å². The first-order valence-corrected chi connectivity index (χ1v) is 7.28. The molecule has 0 unspecified atom stereocenters. The number of rotatable bonds is 6. The van der Waals surface area contributed by atoms with Crippen LogP contribution in [0.4, 0.5) is 11.9 Å². The molecule has 0 amide bonds. The van der Waals surface area contributed by atoms with Crippen LogP contribution in [-0.2, 0) is 0 Å². The van der Waals surface area contributed by atoms with E-state index in [1.165, 1.54) is 0 Å². The van der Waals surface area contributed by atoms with Gasteiger partial charge in [0, 0.05) is 12.6 Å². The molecule has 1 saturated carbocycles. The maximum Gasteiger partial charge on any atom is 0.323 e. The fourth-order valence-electron chi connectivity index (χ4n) is 2.25. The molecule has 0 radical (unpaired) electrons. The van der Waals surface area contributed by atoms with Gasteiger partial charge in [0.25, 0.3) is 0 Å². The number of aliphatic hydroxyl groups is 1. The van der Waals surface area contributed by atoms with Crippen molar-refractivity contribution in [2.24, 2.45) is 0 Å². The third kappa shape index (κ3) is 4.19. The summed E-state index contributed by atoms with van der Waals surface area (Å²) >= 11 is 0. The second kappa shape index (κ2) is 7.23. The van der Waals surface area contributed by atoms with Crippen LogP contribution >= 0.6 is 0 Å². The van der Waals surface area contributed by atoms with Gasteiger partial charge in [-0.05, 0) is 39.5 Å². The number of anilines is 2. The molecule has 0 saturated heterocycles. The predicted octanol–water partition coefficient (Wildman–Crippen LogP) is 1.42. The quantitative estimate of drug-likeness (QED) is 0.726. The Hall–Kier alpha value is -1.63. The Balaban J connectivity index is 2.05. The van der Waals surface area contributed by atoms with Crippen LogP contribution in [0, 0.1) is 0 Å². The largest absolute Gasteiger partial charge is 0.464 e. The normalized spacial score (nSPS) is 22.4. The highest BCUT2D eigenvalue weighted by Crippen LogP contribution is 2.21. The van der Waals surface area contributed by atoms with Gasteiger partial charge in [-0.25, -0.2) is 0 Å². The lowest BCUT2D eigenvalue weighted by Crippen LogP contribution is -2.29. The molecule has 7 heteroatoms. The molecule has 0 aromatic carbocycles. The predicted molar refractivity (Wildman–Crippen MR) is 77.0 cm³/mol. The highest BCUT2D eigenvalue weighted by molar-refractivity contribution is 5.36. The molecule has 0 spiro atoms. The van der Waals surface area contributed by atoms with E-state index in [4.69, 9.17) is 4.74 Å². The summed E-state index contributed by atoms with van der Waals surface area (Å²) in [7, 11) is 0. The van der Waals surface area contributed by atoms with E-state index < -0.39 is 0 Å². The van der Waals surface area contributed by atoms with Crippen LogP contribution in [0.1, 0.15) is 39.5 Å². The Kier molecular flexibility index (Phi) is 5.34. The highest BCUT2D eigenvalue weighted by Gasteiger charge is 2.20. The van der Waals surface area contributed by atoms with Gasteiger partial charge in [0.05, 0.1) is 12.7 Å². The zero-order valence-corrected chi connectivity index (χ0v) is 12.1. The van der Waals surface area contributed by atoms with E-state index in [0.717, 1.165) is 32.2 Å². The van der Waals surface area contributed by atoms with Crippen molar-refractivity contribution in [1.29, 1.82) is 0 Å². The average molecular weight is 281 g/mol. The van der Waals surface area contributed by atoms with Crippen molar-refractivity contribution in [3.63, 3.8) is 0 Å². The van der Waals surface area contributed by atoms with E-state index in [9.17, 15) is 5.11 Å². The standard InChI is InChI=1S/C13H23N5O2/c1-3-14-11-16-12(18-13(17-11)20-4-2)15-9-5-7-10(19)8-6-9/h9-10,19H,3-8H2,1-2H3,(H2,14,15,16,17,18). The lowest BCUT2D eigenvalue weighted by atomic mass is 9.93. The van der Waals surface area contributed by atoms with Gasteiger partial charge < -0.3 is 20.5 Å². The zero-order chi connectivity index (χ0) is 14.4. The van der Waals surface area contributed by atoms with Crippen LogP contribution in [0.2, 0.25) is 0 Å². The fourth-order valence-corrected chi connectivity index (χ4v) is 2.25. The molecule has 1 aromatic rings. The molecule has 3 N–H and O–H groups in total. The maximum atomic E-state index is 9.52. The molecule has 20 heavy (non-hydrogen) atoms. The van der Waals surface area contributed by atoms with E-state index in [0.29, 0.717) is 30.6 Å². The molecule has 1 aliphatic carbocycles. The Bertz CT molecular complexity index is 397. The van der Waals surface area contributed by atoms with E-state index >= 15 is 0 Å². The fraction of sp³-hybridized carbons (Fsp3) is 0.769. The molecule has 0 atom stereocenters. The smallest absolute Gasteiger partial charge is 0.323 e. The van der Waals surface area contributed by atoms with Crippen LogP contribution in [-0.4, -0.2) is 45.4 Å². The van der Waals surface area contributed by atoms with Crippen molar-refractivity contribution in [2.45, 2.75) is 51.7 Å². The van der Waals surface area contributed by atoms with Crippen LogP contribution in [0.3, 0.4) is 0 Å². The number of nitrogens with zero attached hydrogens (tertiary/aromatic N) is 3.